The summed E-state index contributed by atoms with van der Waals surface area (Å²) in [6.45, 7) is 0. The van der Waals surface area contributed by atoms with Crippen molar-refractivity contribution < 1.29 is 4.79 Å². The molecule has 0 radical (unpaired) electrons. The molecule has 14 heavy (non-hydrogen) atoms. The van der Waals surface area contributed by atoms with E-state index in [1.165, 1.54) is 0 Å². The lowest BCUT2D eigenvalue weighted by molar-refractivity contribution is -0.107. The second-order valence-electron chi connectivity index (χ2n) is 2.86. The molecule has 2 aromatic heterocycles. The summed E-state index contributed by atoms with van der Waals surface area (Å²) in [6.07, 6.45) is 0.986. The van der Waals surface area contributed by atoms with Gasteiger partial charge in [-0.3, -0.25) is 4.40 Å². The van der Waals surface area contributed by atoms with Gasteiger partial charge in [0.05, 0.1) is 11.9 Å². The summed E-state index contributed by atoms with van der Waals surface area (Å²) in [4.78, 5) is 14.5. The first-order valence-electron chi connectivity index (χ1n) is 4.09. The van der Waals surface area contributed by atoms with Crippen molar-refractivity contribution in [2.75, 3.05) is 5.73 Å². The Morgan fingerprint density at radius 3 is 3.07 bits per heavy atom. The van der Waals surface area contributed by atoms with Crippen LogP contribution in [0.5, 0.6) is 0 Å². The van der Waals surface area contributed by atoms with E-state index in [2.05, 4.69) is 4.98 Å². The zero-order valence-electron chi connectivity index (χ0n) is 7.27. The molecule has 72 valence electrons. The van der Waals surface area contributed by atoms with E-state index in [1.54, 1.807) is 22.6 Å². The van der Waals surface area contributed by atoms with Gasteiger partial charge in [0.1, 0.15) is 17.9 Å². The highest BCUT2D eigenvalue weighted by atomic mass is 35.5. The van der Waals surface area contributed by atoms with Gasteiger partial charge in [-0.25, -0.2) is 4.98 Å². The van der Waals surface area contributed by atoms with Gasteiger partial charge in [0.25, 0.3) is 0 Å². The van der Waals surface area contributed by atoms with Crippen molar-refractivity contribution in [1.29, 1.82) is 0 Å². The highest BCUT2D eigenvalue weighted by Gasteiger charge is 2.09. The van der Waals surface area contributed by atoms with E-state index in [1.807, 2.05) is 0 Å². The van der Waals surface area contributed by atoms with Crippen molar-refractivity contribution in [2.45, 2.75) is 6.42 Å². The van der Waals surface area contributed by atoms with Crippen LogP contribution < -0.4 is 5.73 Å². The number of pyridine rings is 1. The minimum Gasteiger partial charge on any atom is -0.385 e. The lowest BCUT2D eigenvalue weighted by atomic mass is 10.4. The Bertz CT molecular complexity index is 492. The third-order valence-corrected chi connectivity index (χ3v) is 2.26. The molecule has 2 rings (SSSR count). The number of hydrogen-bond donors (Lipinski definition) is 1. The molecule has 0 saturated carbocycles. The van der Waals surface area contributed by atoms with Gasteiger partial charge in [-0.1, -0.05) is 17.7 Å². The molecule has 5 heteroatoms. The standard InChI is InChI=1S/C9H8ClN3O/c10-9-6-2-1-3-7(11)13(6)8(12-9)4-5-14/h1-3,5H,4,11H2. The van der Waals surface area contributed by atoms with Crippen LogP contribution in [-0.4, -0.2) is 15.7 Å². The molecule has 0 spiro atoms. The van der Waals surface area contributed by atoms with Gasteiger partial charge in [0.2, 0.25) is 0 Å². The topological polar surface area (TPSA) is 60.4 Å². The number of aldehydes is 1. The fraction of sp³-hybridized carbons (Fsp3) is 0.111. The maximum Gasteiger partial charge on any atom is 0.155 e. The van der Waals surface area contributed by atoms with Crippen LogP contribution in [0.4, 0.5) is 5.82 Å². The summed E-state index contributed by atoms with van der Waals surface area (Å²) in [5.41, 5.74) is 6.47. The summed E-state index contributed by atoms with van der Waals surface area (Å²) in [5.74, 6) is 1.09. The number of carbonyl (C=O) groups excluding carboxylic acids is 1. The van der Waals surface area contributed by atoms with Crippen LogP contribution in [0.1, 0.15) is 5.82 Å². The SMILES string of the molecule is Nc1cccc2c(Cl)nc(CC=O)n12. The number of anilines is 1. The number of nitrogen functional groups attached to an aromatic ring is 1. The largest absolute Gasteiger partial charge is 0.385 e. The first-order chi connectivity index (χ1) is 6.74. The maximum atomic E-state index is 10.4. The fourth-order valence-electron chi connectivity index (χ4n) is 1.41. The molecule has 0 amide bonds. The quantitative estimate of drug-likeness (QED) is 0.759. The van der Waals surface area contributed by atoms with Gasteiger partial charge < -0.3 is 10.5 Å². The Labute approximate surface area is 85.3 Å². The summed E-state index contributed by atoms with van der Waals surface area (Å²) in [5, 5.41) is 0.370. The van der Waals surface area contributed by atoms with Crippen molar-refractivity contribution in [1.82, 2.24) is 9.38 Å². The number of nitrogens with two attached hydrogens (primary N) is 1. The number of aromatic nitrogens is 2. The predicted molar refractivity (Wildman–Crippen MR) is 54.4 cm³/mol. The molecule has 2 N–H and O–H groups in total. The molecule has 0 atom stereocenters. The number of rotatable bonds is 2. The van der Waals surface area contributed by atoms with Crippen LogP contribution >= 0.6 is 11.6 Å². The van der Waals surface area contributed by atoms with Crippen LogP contribution in [-0.2, 0) is 11.2 Å². The normalized spacial score (nSPS) is 10.6. The maximum absolute atomic E-state index is 10.4. The monoisotopic (exact) mass is 209 g/mol. The summed E-state index contributed by atoms with van der Waals surface area (Å²) < 4.78 is 1.68. The molecule has 0 saturated heterocycles. The van der Waals surface area contributed by atoms with Gasteiger partial charge >= 0.3 is 0 Å². The van der Waals surface area contributed by atoms with Crippen molar-refractivity contribution in [3.05, 3.63) is 29.2 Å². The molecule has 0 aromatic carbocycles. The molecule has 0 aliphatic carbocycles. The van der Waals surface area contributed by atoms with E-state index >= 15 is 0 Å². The number of hydrogen-bond acceptors (Lipinski definition) is 3. The molecular formula is C9H8ClN3O. The average molecular weight is 210 g/mol. The van der Waals surface area contributed by atoms with Crippen molar-refractivity contribution in [2.24, 2.45) is 0 Å². The second-order valence-corrected chi connectivity index (χ2v) is 3.22. The molecular weight excluding hydrogens is 202 g/mol. The highest BCUT2D eigenvalue weighted by Crippen LogP contribution is 2.21. The Hall–Kier alpha value is -1.55. The minimum atomic E-state index is 0.210. The van der Waals surface area contributed by atoms with Gasteiger partial charge in [-0.05, 0) is 12.1 Å². The number of nitrogens with zero attached hydrogens (tertiary/aromatic N) is 2. The smallest absolute Gasteiger partial charge is 0.155 e. The van der Waals surface area contributed by atoms with Gasteiger partial charge in [0, 0.05) is 0 Å². The summed E-state index contributed by atoms with van der Waals surface area (Å²) in [6, 6.07) is 5.34. The molecule has 0 aliphatic heterocycles. The zero-order valence-corrected chi connectivity index (χ0v) is 8.03. The average Bonchev–Trinajstić information content (AvgIpc) is 2.46. The third-order valence-electron chi connectivity index (χ3n) is 1.98. The van der Waals surface area contributed by atoms with Gasteiger partial charge in [0.15, 0.2) is 5.15 Å². The van der Waals surface area contributed by atoms with E-state index in [0.29, 0.717) is 16.8 Å². The Morgan fingerprint density at radius 2 is 2.36 bits per heavy atom. The fourth-order valence-corrected chi connectivity index (χ4v) is 1.65. The first kappa shape index (κ1) is 9.02. The van der Waals surface area contributed by atoms with E-state index < -0.39 is 0 Å². The van der Waals surface area contributed by atoms with Crippen LogP contribution in [0.2, 0.25) is 5.15 Å². The van der Waals surface area contributed by atoms with Crippen molar-refractivity contribution in [3.8, 4) is 0 Å². The lowest BCUT2D eigenvalue weighted by Crippen LogP contribution is -2.01. The van der Waals surface area contributed by atoms with E-state index in [4.69, 9.17) is 17.3 Å². The Kier molecular flexibility index (Phi) is 2.13. The zero-order chi connectivity index (χ0) is 10.1. The molecule has 0 aliphatic rings. The highest BCUT2D eigenvalue weighted by molar-refractivity contribution is 6.32. The lowest BCUT2D eigenvalue weighted by Gasteiger charge is -2.01. The summed E-state index contributed by atoms with van der Waals surface area (Å²) in [7, 11) is 0. The molecule has 2 aromatic rings. The van der Waals surface area contributed by atoms with Gasteiger partial charge in [-0.15, -0.1) is 0 Å². The van der Waals surface area contributed by atoms with Crippen molar-refractivity contribution in [3.63, 3.8) is 0 Å². The number of carbonyl (C=O) groups is 1. The molecule has 2 heterocycles. The van der Waals surface area contributed by atoms with Crippen LogP contribution in [0, 0.1) is 0 Å². The van der Waals surface area contributed by atoms with Crippen LogP contribution in [0.25, 0.3) is 5.52 Å². The molecule has 0 unspecified atom stereocenters. The van der Waals surface area contributed by atoms with Gasteiger partial charge in [-0.2, -0.15) is 0 Å². The number of halogens is 1. The predicted octanol–water partition coefficient (Wildman–Crippen LogP) is 1.31. The van der Waals surface area contributed by atoms with E-state index in [0.717, 1.165) is 11.8 Å². The minimum absolute atomic E-state index is 0.210. The number of imidazole rings is 1. The van der Waals surface area contributed by atoms with E-state index in [9.17, 15) is 4.79 Å². The third kappa shape index (κ3) is 1.24. The second kappa shape index (κ2) is 3.31. The van der Waals surface area contributed by atoms with Crippen LogP contribution in [0.15, 0.2) is 18.2 Å². The molecule has 0 fully saturated rings. The summed E-state index contributed by atoms with van der Waals surface area (Å²) >= 11 is 5.88. The van der Waals surface area contributed by atoms with Crippen LogP contribution in [0.3, 0.4) is 0 Å². The molecule has 4 nitrogen and oxygen atoms in total. The molecule has 0 bridgehead atoms. The van der Waals surface area contributed by atoms with E-state index in [-0.39, 0.29) is 6.42 Å². The van der Waals surface area contributed by atoms with Crippen molar-refractivity contribution >= 4 is 29.2 Å². The Morgan fingerprint density at radius 1 is 1.57 bits per heavy atom. The first-order valence-corrected chi connectivity index (χ1v) is 4.47. The Balaban J connectivity index is 2.78. The number of fused-ring (bicyclic) bond motifs is 1.